The highest BCUT2D eigenvalue weighted by atomic mass is 35.5. The molecule has 0 fully saturated rings. The van der Waals surface area contributed by atoms with Crippen LogP contribution in [0.1, 0.15) is 16.7 Å². The van der Waals surface area contributed by atoms with Crippen molar-refractivity contribution in [3.05, 3.63) is 64.2 Å². The molecule has 3 nitrogen and oxygen atoms in total. The SMILES string of the molecule is Cc1ccc(N(Cc2cccc(Cl)c2)S(C)(=O)=O)cc1C. The van der Waals surface area contributed by atoms with Gasteiger partial charge in [-0.15, -0.1) is 0 Å². The molecule has 0 aliphatic rings. The summed E-state index contributed by atoms with van der Waals surface area (Å²) >= 11 is 5.97. The molecule has 0 heterocycles. The van der Waals surface area contributed by atoms with E-state index in [0.29, 0.717) is 10.7 Å². The molecule has 0 saturated heterocycles. The summed E-state index contributed by atoms with van der Waals surface area (Å²) in [6, 6.07) is 12.9. The van der Waals surface area contributed by atoms with Crippen molar-refractivity contribution in [3.8, 4) is 0 Å². The van der Waals surface area contributed by atoms with Gasteiger partial charge in [0, 0.05) is 5.02 Å². The quantitative estimate of drug-likeness (QED) is 0.855. The average Bonchev–Trinajstić information content (AvgIpc) is 2.38. The van der Waals surface area contributed by atoms with E-state index in [-0.39, 0.29) is 6.54 Å². The summed E-state index contributed by atoms with van der Waals surface area (Å²) < 4.78 is 25.6. The fourth-order valence-electron chi connectivity index (χ4n) is 2.08. The molecule has 0 aromatic heterocycles. The molecular formula is C16H18ClNO2S. The van der Waals surface area contributed by atoms with Crippen molar-refractivity contribution >= 4 is 27.3 Å². The maximum absolute atomic E-state index is 12.1. The predicted molar refractivity (Wildman–Crippen MR) is 88.4 cm³/mol. The zero-order valence-electron chi connectivity index (χ0n) is 12.3. The maximum Gasteiger partial charge on any atom is 0.232 e. The minimum atomic E-state index is -3.37. The first-order valence-corrected chi connectivity index (χ1v) is 8.79. The van der Waals surface area contributed by atoms with Gasteiger partial charge in [-0.05, 0) is 54.8 Å². The van der Waals surface area contributed by atoms with E-state index < -0.39 is 10.0 Å². The Morgan fingerprint density at radius 1 is 1.05 bits per heavy atom. The van der Waals surface area contributed by atoms with Gasteiger partial charge >= 0.3 is 0 Å². The number of aryl methyl sites for hydroxylation is 2. The average molecular weight is 324 g/mol. The van der Waals surface area contributed by atoms with Crippen molar-refractivity contribution in [2.24, 2.45) is 0 Å². The predicted octanol–water partition coefficient (Wildman–Crippen LogP) is 3.92. The second kappa shape index (κ2) is 6.08. The Bertz CT molecular complexity index is 757. The molecule has 0 N–H and O–H groups in total. The lowest BCUT2D eigenvalue weighted by atomic mass is 10.1. The Hall–Kier alpha value is -1.52. The second-order valence-corrected chi connectivity index (χ2v) is 7.51. The number of anilines is 1. The first kappa shape index (κ1) is 15.9. The van der Waals surface area contributed by atoms with E-state index in [1.54, 1.807) is 12.1 Å². The summed E-state index contributed by atoms with van der Waals surface area (Å²) in [6.07, 6.45) is 1.22. The Morgan fingerprint density at radius 2 is 1.76 bits per heavy atom. The van der Waals surface area contributed by atoms with Crippen molar-refractivity contribution in [1.82, 2.24) is 0 Å². The maximum atomic E-state index is 12.1. The van der Waals surface area contributed by atoms with Crippen LogP contribution in [0.3, 0.4) is 0 Å². The fraction of sp³-hybridized carbons (Fsp3) is 0.250. The van der Waals surface area contributed by atoms with Crippen molar-refractivity contribution in [2.75, 3.05) is 10.6 Å². The number of rotatable bonds is 4. The van der Waals surface area contributed by atoms with E-state index in [4.69, 9.17) is 11.6 Å². The molecule has 0 radical (unpaired) electrons. The van der Waals surface area contributed by atoms with Crippen LogP contribution in [-0.4, -0.2) is 14.7 Å². The minimum Gasteiger partial charge on any atom is -0.266 e. The Kier molecular flexibility index (Phi) is 4.59. The third-order valence-electron chi connectivity index (χ3n) is 3.39. The molecule has 2 aromatic carbocycles. The van der Waals surface area contributed by atoms with Crippen LogP contribution in [0.25, 0.3) is 0 Å². The van der Waals surface area contributed by atoms with Crippen LogP contribution < -0.4 is 4.31 Å². The lowest BCUT2D eigenvalue weighted by Gasteiger charge is -2.23. The van der Waals surface area contributed by atoms with Crippen LogP contribution in [0.2, 0.25) is 5.02 Å². The molecular weight excluding hydrogens is 306 g/mol. The van der Waals surface area contributed by atoms with E-state index in [1.165, 1.54) is 10.6 Å². The highest BCUT2D eigenvalue weighted by Gasteiger charge is 2.18. The zero-order chi connectivity index (χ0) is 15.6. The highest BCUT2D eigenvalue weighted by Crippen LogP contribution is 2.24. The molecule has 5 heteroatoms. The number of hydrogen-bond donors (Lipinski definition) is 0. The number of benzene rings is 2. The molecule has 0 saturated carbocycles. The molecule has 0 atom stereocenters. The molecule has 0 amide bonds. The molecule has 0 aliphatic heterocycles. The van der Waals surface area contributed by atoms with Gasteiger partial charge in [0.15, 0.2) is 0 Å². The summed E-state index contributed by atoms with van der Waals surface area (Å²) in [5.74, 6) is 0. The summed E-state index contributed by atoms with van der Waals surface area (Å²) in [7, 11) is -3.37. The molecule has 0 bridgehead atoms. The van der Waals surface area contributed by atoms with Crippen molar-refractivity contribution < 1.29 is 8.42 Å². The molecule has 112 valence electrons. The van der Waals surface area contributed by atoms with Crippen molar-refractivity contribution in [1.29, 1.82) is 0 Å². The Labute approximate surface area is 131 Å². The Morgan fingerprint density at radius 3 is 2.33 bits per heavy atom. The van der Waals surface area contributed by atoms with E-state index in [9.17, 15) is 8.42 Å². The van der Waals surface area contributed by atoms with E-state index in [2.05, 4.69) is 0 Å². The van der Waals surface area contributed by atoms with Crippen LogP contribution in [0.15, 0.2) is 42.5 Å². The summed E-state index contributed by atoms with van der Waals surface area (Å²) in [4.78, 5) is 0. The minimum absolute atomic E-state index is 0.266. The van der Waals surface area contributed by atoms with Crippen LogP contribution in [0, 0.1) is 13.8 Å². The molecule has 0 unspecified atom stereocenters. The molecule has 0 aliphatic carbocycles. The molecule has 2 aromatic rings. The standard InChI is InChI=1S/C16H18ClNO2S/c1-12-7-8-16(9-13(12)2)18(21(3,19)20)11-14-5-4-6-15(17)10-14/h4-10H,11H2,1-3H3. The molecule has 2 rings (SSSR count). The smallest absolute Gasteiger partial charge is 0.232 e. The zero-order valence-corrected chi connectivity index (χ0v) is 13.9. The van der Waals surface area contributed by atoms with Gasteiger partial charge in [-0.25, -0.2) is 8.42 Å². The lowest BCUT2D eigenvalue weighted by molar-refractivity contribution is 0.596. The normalized spacial score (nSPS) is 11.4. The van der Waals surface area contributed by atoms with E-state index in [0.717, 1.165) is 16.7 Å². The van der Waals surface area contributed by atoms with Gasteiger partial charge in [-0.1, -0.05) is 29.8 Å². The first-order valence-electron chi connectivity index (χ1n) is 6.57. The van der Waals surface area contributed by atoms with Gasteiger partial charge in [-0.2, -0.15) is 0 Å². The van der Waals surface area contributed by atoms with Crippen molar-refractivity contribution in [2.45, 2.75) is 20.4 Å². The van der Waals surface area contributed by atoms with Crippen LogP contribution in [-0.2, 0) is 16.6 Å². The van der Waals surface area contributed by atoms with Gasteiger partial charge in [-0.3, -0.25) is 4.31 Å². The largest absolute Gasteiger partial charge is 0.266 e. The monoisotopic (exact) mass is 323 g/mol. The summed E-state index contributed by atoms with van der Waals surface area (Å²) in [5, 5.41) is 0.598. The van der Waals surface area contributed by atoms with Gasteiger partial charge in [0.25, 0.3) is 0 Å². The lowest BCUT2D eigenvalue weighted by Crippen LogP contribution is -2.29. The third kappa shape index (κ3) is 3.99. The molecule has 0 spiro atoms. The Balaban J connectivity index is 2.42. The highest BCUT2D eigenvalue weighted by molar-refractivity contribution is 7.92. The van der Waals surface area contributed by atoms with Gasteiger partial charge < -0.3 is 0 Å². The van der Waals surface area contributed by atoms with Crippen LogP contribution >= 0.6 is 11.6 Å². The third-order valence-corrected chi connectivity index (χ3v) is 4.77. The number of halogens is 1. The van der Waals surface area contributed by atoms with E-state index >= 15 is 0 Å². The second-order valence-electron chi connectivity index (χ2n) is 5.17. The molecule has 21 heavy (non-hydrogen) atoms. The first-order chi connectivity index (χ1) is 9.77. The van der Waals surface area contributed by atoms with Gasteiger partial charge in [0.05, 0.1) is 18.5 Å². The number of hydrogen-bond acceptors (Lipinski definition) is 2. The van der Waals surface area contributed by atoms with E-state index in [1.807, 2.05) is 44.2 Å². The number of sulfonamides is 1. The summed E-state index contributed by atoms with van der Waals surface area (Å²) in [5.41, 5.74) is 3.72. The van der Waals surface area contributed by atoms with Crippen molar-refractivity contribution in [3.63, 3.8) is 0 Å². The summed E-state index contributed by atoms with van der Waals surface area (Å²) in [6.45, 7) is 4.24. The van der Waals surface area contributed by atoms with Gasteiger partial charge in [0.2, 0.25) is 10.0 Å². The van der Waals surface area contributed by atoms with Crippen LogP contribution in [0.4, 0.5) is 5.69 Å². The fourth-order valence-corrected chi connectivity index (χ4v) is 3.17. The topological polar surface area (TPSA) is 37.4 Å². The van der Waals surface area contributed by atoms with Crippen LogP contribution in [0.5, 0.6) is 0 Å². The number of nitrogens with zero attached hydrogens (tertiary/aromatic N) is 1. The van der Waals surface area contributed by atoms with Gasteiger partial charge in [0.1, 0.15) is 0 Å².